The maximum absolute atomic E-state index is 11.5. The van der Waals surface area contributed by atoms with E-state index in [-0.39, 0.29) is 22.7 Å². The van der Waals surface area contributed by atoms with Gasteiger partial charge in [-0.05, 0) is 12.1 Å². The molecule has 0 aliphatic carbocycles. The van der Waals surface area contributed by atoms with E-state index in [4.69, 9.17) is 4.74 Å². The second kappa shape index (κ2) is 4.19. The number of cyclic esters (lactones) is 1. The number of hydrogen-bond acceptors (Lipinski definition) is 6. The number of rotatable bonds is 2. The zero-order chi connectivity index (χ0) is 13.6. The first-order chi connectivity index (χ1) is 8.95. The van der Waals surface area contributed by atoms with Crippen LogP contribution in [0.3, 0.4) is 0 Å². The molecule has 0 N–H and O–H groups in total. The van der Waals surface area contributed by atoms with Crippen LogP contribution in [0, 0.1) is 11.8 Å². The molecule has 0 aromatic carbocycles. The van der Waals surface area contributed by atoms with Crippen molar-refractivity contribution in [2.24, 2.45) is 11.8 Å². The molecule has 2 saturated heterocycles. The number of carbonyl (C=O) groups is 1. The molecule has 1 aromatic heterocycles. The van der Waals surface area contributed by atoms with Gasteiger partial charge in [0.15, 0.2) is 9.84 Å². The largest absolute Gasteiger partial charge is 0.465 e. The molecule has 6 nitrogen and oxygen atoms in total. The van der Waals surface area contributed by atoms with Gasteiger partial charge in [0.2, 0.25) is 0 Å². The van der Waals surface area contributed by atoms with Crippen LogP contribution in [0.2, 0.25) is 0 Å². The maximum atomic E-state index is 11.5. The molecule has 2 atom stereocenters. The molecular weight excluding hydrogens is 268 g/mol. The summed E-state index contributed by atoms with van der Waals surface area (Å²) in [6.45, 7) is 1.79. The fourth-order valence-corrected chi connectivity index (χ4v) is 3.13. The summed E-state index contributed by atoms with van der Waals surface area (Å²) in [5.74, 6) is 0.718. The van der Waals surface area contributed by atoms with Gasteiger partial charge >= 0.3 is 5.97 Å². The van der Waals surface area contributed by atoms with Crippen LogP contribution >= 0.6 is 0 Å². The number of aromatic nitrogens is 1. The Labute approximate surface area is 111 Å². The summed E-state index contributed by atoms with van der Waals surface area (Å²) in [5, 5.41) is 0. The molecule has 3 rings (SSSR count). The maximum Gasteiger partial charge on any atom is 0.311 e. The quantitative estimate of drug-likeness (QED) is 0.716. The van der Waals surface area contributed by atoms with Crippen LogP contribution in [-0.2, 0) is 19.4 Å². The van der Waals surface area contributed by atoms with Crippen LogP contribution < -0.4 is 4.90 Å². The normalized spacial score (nSPS) is 26.4. The predicted molar refractivity (Wildman–Crippen MR) is 67.5 cm³/mol. The number of sulfone groups is 1. The monoisotopic (exact) mass is 282 g/mol. The SMILES string of the molecule is CS(=O)(=O)c1ccc(N2C[C@@H]3COC(=O)[C@@H]3C2)nc1. The lowest BCUT2D eigenvalue weighted by Gasteiger charge is -2.18. The van der Waals surface area contributed by atoms with Gasteiger partial charge in [0, 0.05) is 31.5 Å². The molecule has 0 unspecified atom stereocenters. The highest BCUT2D eigenvalue weighted by Gasteiger charge is 2.44. The van der Waals surface area contributed by atoms with Gasteiger partial charge in [0.05, 0.1) is 17.4 Å². The molecule has 2 aliphatic rings. The Morgan fingerprint density at radius 3 is 2.74 bits per heavy atom. The van der Waals surface area contributed by atoms with Gasteiger partial charge in [-0.1, -0.05) is 0 Å². The molecule has 102 valence electrons. The summed E-state index contributed by atoms with van der Waals surface area (Å²) in [6.07, 6.45) is 2.51. The Morgan fingerprint density at radius 1 is 1.37 bits per heavy atom. The van der Waals surface area contributed by atoms with Crippen molar-refractivity contribution >= 4 is 21.6 Å². The summed E-state index contributed by atoms with van der Waals surface area (Å²) in [7, 11) is -3.22. The fourth-order valence-electron chi connectivity index (χ4n) is 2.57. The third-order valence-corrected chi connectivity index (χ3v) is 4.75. The smallest absolute Gasteiger partial charge is 0.311 e. The van der Waals surface area contributed by atoms with Crippen molar-refractivity contribution in [2.75, 3.05) is 30.9 Å². The lowest BCUT2D eigenvalue weighted by molar-refractivity contribution is -0.140. The van der Waals surface area contributed by atoms with E-state index in [0.29, 0.717) is 19.0 Å². The molecule has 1 aromatic rings. The van der Waals surface area contributed by atoms with Crippen molar-refractivity contribution in [2.45, 2.75) is 4.90 Å². The molecule has 3 heterocycles. The molecule has 7 heteroatoms. The fraction of sp³-hybridized carbons (Fsp3) is 0.500. The van der Waals surface area contributed by atoms with E-state index in [1.165, 1.54) is 6.20 Å². The van der Waals surface area contributed by atoms with Crippen molar-refractivity contribution in [3.63, 3.8) is 0 Å². The predicted octanol–water partition coefficient (Wildman–Crippen LogP) is 0.0943. The topological polar surface area (TPSA) is 76.6 Å². The summed E-state index contributed by atoms with van der Waals surface area (Å²) >= 11 is 0. The Morgan fingerprint density at radius 2 is 2.16 bits per heavy atom. The second-order valence-corrected chi connectivity index (χ2v) is 7.04. The standard InChI is InChI=1S/C12H14N2O4S/c1-19(16,17)9-2-3-11(13-4-9)14-5-8-7-18-12(15)10(8)6-14/h2-4,8,10H,5-7H2,1H3/t8-,10-/m1/s1. The number of pyridine rings is 1. The van der Waals surface area contributed by atoms with Gasteiger partial charge < -0.3 is 9.64 Å². The van der Waals surface area contributed by atoms with E-state index in [0.717, 1.165) is 12.8 Å². The second-order valence-electron chi connectivity index (χ2n) is 5.03. The number of anilines is 1. The highest BCUT2D eigenvalue weighted by Crippen LogP contribution is 2.32. The van der Waals surface area contributed by atoms with Crippen LogP contribution in [0.1, 0.15) is 0 Å². The van der Waals surface area contributed by atoms with Crippen LogP contribution in [0.4, 0.5) is 5.82 Å². The molecule has 0 radical (unpaired) electrons. The third-order valence-electron chi connectivity index (χ3n) is 3.66. The summed E-state index contributed by atoms with van der Waals surface area (Å²) in [5.41, 5.74) is 0. The number of carbonyl (C=O) groups excluding carboxylic acids is 1. The summed E-state index contributed by atoms with van der Waals surface area (Å²) in [4.78, 5) is 17.8. The molecule has 0 saturated carbocycles. The average molecular weight is 282 g/mol. The molecule has 2 fully saturated rings. The number of esters is 1. The Balaban J connectivity index is 1.79. The van der Waals surface area contributed by atoms with Crippen molar-refractivity contribution in [3.05, 3.63) is 18.3 Å². The Hall–Kier alpha value is -1.63. The van der Waals surface area contributed by atoms with E-state index in [1.807, 2.05) is 4.90 Å². The highest BCUT2D eigenvalue weighted by molar-refractivity contribution is 7.90. The molecule has 19 heavy (non-hydrogen) atoms. The van der Waals surface area contributed by atoms with Gasteiger partial charge in [-0.3, -0.25) is 4.79 Å². The van der Waals surface area contributed by atoms with Gasteiger partial charge in [0.25, 0.3) is 0 Å². The number of hydrogen-bond donors (Lipinski definition) is 0. The highest BCUT2D eigenvalue weighted by atomic mass is 32.2. The molecule has 0 spiro atoms. The first-order valence-corrected chi connectivity index (χ1v) is 7.92. The number of ether oxygens (including phenoxy) is 1. The minimum absolute atomic E-state index is 0.0728. The lowest BCUT2D eigenvalue weighted by atomic mass is 10.0. The van der Waals surface area contributed by atoms with Crippen LogP contribution in [0.15, 0.2) is 23.2 Å². The summed E-state index contributed by atoms with van der Waals surface area (Å²) < 4.78 is 27.7. The zero-order valence-electron chi connectivity index (χ0n) is 10.4. The van der Waals surface area contributed by atoms with Gasteiger partial charge in [0.1, 0.15) is 5.82 Å². The van der Waals surface area contributed by atoms with E-state index in [1.54, 1.807) is 12.1 Å². The van der Waals surface area contributed by atoms with E-state index in [2.05, 4.69) is 4.98 Å². The van der Waals surface area contributed by atoms with Gasteiger partial charge in [-0.2, -0.15) is 0 Å². The minimum atomic E-state index is -3.22. The molecular formula is C12H14N2O4S. The minimum Gasteiger partial charge on any atom is -0.465 e. The van der Waals surface area contributed by atoms with Crippen molar-refractivity contribution in [1.82, 2.24) is 4.98 Å². The molecule has 2 aliphatic heterocycles. The van der Waals surface area contributed by atoms with E-state index in [9.17, 15) is 13.2 Å². The van der Waals surface area contributed by atoms with Crippen LogP contribution in [-0.4, -0.2) is 45.3 Å². The van der Waals surface area contributed by atoms with Gasteiger partial charge in [-0.15, -0.1) is 0 Å². The lowest BCUT2D eigenvalue weighted by Crippen LogP contribution is -2.24. The Bertz CT molecular complexity index is 611. The first kappa shape index (κ1) is 12.4. The molecule has 0 amide bonds. The van der Waals surface area contributed by atoms with Crippen LogP contribution in [0.25, 0.3) is 0 Å². The number of fused-ring (bicyclic) bond motifs is 1. The Kier molecular flexibility index (Phi) is 2.74. The first-order valence-electron chi connectivity index (χ1n) is 6.03. The summed E-state index contributed by atoms with van der Waals surface area (Å²) in [6, 6.07) is 3.23. The van der Waals surface area contributed by atoms with E-state index >= 15 is 0 Å². The number of nitrogens with zero attached hydrogens (tertiary/aromatic N) is 2. The van der Waals surface area contributed by atoms with Crippen molar-refractivity contribution in [1.29, 1.82) is 0 Å². The van der Waals surface area contributed by atoms with Crippen molar-refractivity contribution in [3.8, 4) is 0 Å². The van der Waals surface area contributed by atoms with Crippen LogP contribution in [0.5, 0.6) is 0 Å². The molecule has 0 bridgehead atoms. The third kappa shape index (κ3) is 2.18. The zero-order valence-corrected chi connectivity index (χ0v) is 11.3. The van der Waals surface area contributed by atoms with E-state index < -0.39 is 9.84 Å². The average Bonchev–Trinajstić information content (AvgIpc) is 2.91. The van der Waals surface area contributed by atoms with Crippen molar-refractivity contribution < 1.29 is 17.9 Å². The van der Waals surface area contributed by atoms with Gasteiger partial charge in [-0.25, -0.2) is 13.4 Å².